The van der Waals surface area contributed by atoms with E-state index in [1.54, 1.807) is 0 Å². The largest absolute Gasteiger partial charge is 0.441 e. The fourth-order valence-electron chi connectivity index (χ4n) is 1.69. The molecule has 1 aromatic heterocycles. The van der Waals surface area contributed by atoms with E-state index in [0.717, 1.165) is 29.5 Å². The Hall–Kier alpha value is -1.68. The summed E-state index contributed by atoms with van der Waals surface area (Å²) in [6.45, 7) is 3.01. The monoisotopic (exact) mass is 218 g/mol. The number of oxazole rings is 1. The molecule has 0 radical (unpaired) electrons. The highest BCUT2D eigenvalue weighted by molar-refractivity contribution is 5.73. The summed E-state index contributed by atoms with van der Waals surface area (Å²) in [6, 6.07) is 5.90. The van der Waals surface area contributed by atoms with Crippen LogP contribution in [-0.2, 0) is 11.3 Å². The van der Waals surface area contributed by atoms with Gasteiger partial charge in [-0.05, 0) is 24.7 Å². The van der Waals surface area contributed by atoms with Crippen LogP contribution in [0.5, 0.6) is 0 Å². The van der Waals surface area contributed by atoms with Gasteiger partial charge in [0.1, 0.15) is 11.8 Å². The van der Waals surface area contributed by atoms with E-state index >= 15 is 0 Å². The molecule has 0 aliphatic rings. The minimum Gasteiger partial charge on any atom is -0.441 e. The molecule has 0 bridgehead atoms. The Kier molecular flexibility index (Phi) is 3.01. The third-order valence-electron chi connectivity index (χ3n) is 2.40. The average Bonchev–Trinajstić information content (AvgIpc) is 2.57. The first-order chi connectivity index (χ1) is 7.69. The molecule has 0 amide bonds. The van der Waals surface area contributed by atoms with Gasteiger partial charge in [0.15, 0.2) is 11.5 Å². The van der Waals surface area contributed by atoms with Gasteiger partial charge in [-0.25, -0.2) is 4.98 Å². The summed E-state index contributed by atoms with van der Waals surface area (Å²) in [4.78, 5) is 16.6. The average molecular weight is 218 g/mol. The molecule has 2 aromatic rings. The lowest BCUT2D eigenvalue weighted by Gasteiger charge is -2.12. The van der Waals surface area contributed by atoms with Gasteiger partial charge < -0.3 is 9.21 Å². The quantitative estimate of drug-likeness (QED) is 0.734. The van der Waals surface area contributed by atoms with Crippen LogP contribution in [0.15, 0.2) is 22.6 Å². The van der Waals surface area contributed by atoms with E-state index in [0.29, 0.717) is 12.4 Å². The van der Waals surface area contributed by atoms with Gasteiger partial charge in [0.2, 0.25) is 0 Å². The first kappa shape index (κ1) is 10.8. The third-order valence-corrected chi connectivity index (χ3v) is 2.40. The number of benzene rings is 1. The van der Waals surface area contributed by atoms with Crippen LogP contribution >= 0.6 is 0 Å². The minimum absolute atomic E-state index is 0.440. The van der Waals surface area contributed by atoms with Crippen LogP contribution in [0.3, 0.4) is 0 Å². The lowest BCUT2D eigenvalue weighted by Crippen LogP contribution is -2.19. The molecule has 4 nitrogen and oxygen atoms in total. The number of aryl methyl sites for hydroxylation is 1. The molecule has 0 spiro atoms. The molecular formula is C12H14N2O2. The Morgan fingerprint density at radius 3 is 3.06 bits per heavy atom. The summed E-state index contributed by atoms with van der Waals surface area (Å²) < 4.78 is 5.39. The van der Waals surface area contributed by atoms with Crippen molar-refractivity contribution >= 4 is 17.4 Å². The Bertz CT molecular complexity index is 505. The molecular weight excluding hydrogens is 204 g/mol. The van der Waals surface area contributed by atoms with E-state index in [9.17, 15) is 4.79 Å². The molecule has 84 valence electrons. The predicted molar refractivity (Wildman–Crippen MR) is 61.1 cm³/mol. The number of nitrogens with zero attached hydrogens (tertiary/aromatic N) is 2. The highest BCUT2D eigenvalue weighted by atomic mass is 16.3. The maximum atomic E-state index is 10.4. The van der Waals surface area contributed by atoms with E-state index in [-0.39, 0.29) is 0 Å². The first-order valence-corrected chi connectivity index (χ1v) is 5.17. The van der Waals surface area contributed by atoms with E-state index < -0.39 is 0 Å². The number of fused-ring (bicyclic) bond motifs is 1. The number of likely N-dealkylation sites (N-methyl/N-ethyl adjacent to an activating group) is 1. The van der Waals surface area contributed by atoms with Crippen LogP contribution in [0.4, 0.5) is 0 Å². The summed E-state index contributed by atoms with van der Waals surface area (Å²) in [6.07, 6.45) is 0.902. The zero-order valence-corrected chi connectivity index (χ0v) is 9.43. The number of hydrogen-bond acceptors (Lipinski definition) is 4. The predicted octanol–water partition coefficient (Wildman–Crippen LogP) is 1.77. The van der Waals surface area contributed by atoms with Gasteiger partial charge in [-0.3, -0.25) is 4.90 Å². The van der Waals surface area contributed by atoms with E-state index in [1.165, 1.54) is 0 Å². The molecule has 0 aliphatic carbocycles. The molecule has 4 heteroatoms. The van der Waals surface area contributed by atoms with Gasteiger partial charge in [0.05, 0.1) is 6.54 Å². The van der Waals surface area contributed by atoms with Crippen molar-refractivity contribution in [1.29, 1.82) is 0 Å². The van der Waals surface area contributed by atoms with Crippen molar-refractivity contribution in [2.75, 3.05) is 13.6 Å². The van der Waals surface area contributed by atoms with Crippen molar-refractivity contribution in [3.05, 3.63) is 29.7 Å². The Morgan fingerprint density at radius 2 is 2.31 bits per heavy atom. The van der Waals surface area contributed by atoms with Crippen molar-refractivity contribution in [2.24, 2.45) is 0 Å². The highest BCUT2D eigenvalue weighted by Crippen LogP contribution is 2.17. The topological polar surface area (TPSA) is 46.3 Å². The fourth-order valence-corrected chi connectivity index (χ4v) is 1.69. The second kappa shape index (κ2) is 4.45. The van der Waals surface area contributed by atoms with Crippen LogP contribution in [0.2, 0.25) is 0 Å². The normalized spacial score (nSPS) is 11.2. The lowest BCUT2D eigenvalue weighted by atomic mass is 10.2. The molecule has 0 saturated carbocycles. The smallest absolute Gasteiger partial charge is 0.192 e. The summed E-state index contributed by atoms with van der Waals surface area (Å²) in [7, 11) is 1.91. The van der Waals surface area contributed by atoms with Gasteiger partial charge in [0, 0.05) is 13.5 Å². The summed E-state index contributed by atoms with van der Waals surface area (Å²) in [5, 5.41) is 0. The molecule has 0 N–H and O–H groups in total. The van der Waals surface area contributed by atoms with Crippen LogP contribution < -0.4 is 0 Å². The maximum absolute atomic E-state index is 10.4. The fraction of sp³-hybridized carbons (Fsp3) is 0.333. The van der Waals surface area contributed by atoms with Crippen LogP contribution in [-0.4, -0.2) is 29.8 Å². The Morgan fingerprint density at radius 1 is 1.50 bits per heavy atom. The Labute approximate surface area is 93.9 Å². The third kappa shape index (κ3) is 2.28. The van der Waals surface area contributed by atoms with Gasteiger partial charge in [-0.1, -0.05) is 6.07 Å². The molecule has 0 atom stereocenters. The van der Waals surface area contributed by atoms with Gasteiger partial charge >= 0.3 is 0 Å². The molecule has 0 fully saturated rings. The lowest BCUT2D eigenvalue weighted by molar-refractivity contribution is -0.108. The minimum atomic E-state index is 0.440. The van der Waals surface area contributed by atoms with Crippen LogP contribution in [0.25, 0.3) is 11.1 Å². The number of aldehydes is 1. The zero-order valence-electron chi connectivity index (χ0n) is 9.43. The summed E-state index contributed by atoms with van der Waals surface area (Å²) in [5.74, 6) is 0.674. The van der Waals surface area contributed by atoms with E-state index in [1.807, 2.05) is 37.1 Å². The van der Waals surface area contributed by atoms with Gasteiger partial charge in [-0.15, -0.1) is 0 Å². The van der Waals surface area contributed by atoms with E-state index in [2.05, 4.69) is 4.98 Å². The second-order valence-electron chi connectivity index (χ2n) is 3.90. The number of rotatable bonds is 4. The van der Waals surface area contributed by atoms with Crippen LogP contribution in [0.1, 0.15) is 11.5 Å². The van der Waals surface area contributed by atoms with Crippen LogP contribution in [0, 0.1) is 6.92 Å². The number of carbonyl (C=O) groups is 1. The first-order valence-electron chi connectivity index (χ1n) is 5.17. The molecule has 1 heterocycles. The van der Waals surface area contributed by atoms with Crippen molar-refractivity contribution in [3.8, 4) is 0 Å². The number of hydrogen-bond donors (Lipinski definition) is 0. The SMILES string of the molecule is Cc1nc2cc(CN(C)CC=O)ccc2o1. The summed E-state index contributed by atoms with van der Waals surface area (Å²) in [5.41, 5.74) is 2.80. The zero-order chi connectivity index (χ0) is 11.5. The Balaban J connectivity index is 2.21. The van der Waals surface area contributed by atoms with Crippen molar-refractivity contribution in [2.45, 2.75) is 13.5 Å². The molecule has 0 aliphatic heterocycles. The maximum Gasteiger partial charge on any atom is 0.192 e. The number of carbonyl (C=O) groups excluding carboxylic acids is 1. The van der Waals surface area contributed by atoms with Crippen molar-refractivity contribution in [3.63, 3.8) is 0 Å². The highest BCUT2D eigenvalue weighted by Gasteiger charge is 2.04. The van der Waals surface area contributed by atoms with E-state index in [4.69, 9.17) is 4.42 Å². The van der Waals surface area contributed by atoms with Crippen molar-refractivity contribution < 1.29 is 9.21 Å². The van der Waals surface area contributed by atoms with Gasteiger partial charge in [-0.2, -0.15) is 0 Å². The molecule has 1 aromatic carbocycles. The molecule has 0 unspecified atom stereocenters. The molecule has 16 heavy (non-hydrogen) atoms. The second-order valence-corrected chi connectivity index (χ2v) is 3.90. The molecule has 0 saturated heterocycles. The number of aromatic nitrogens is 1. The van der Waals surface area contributed by atoms with Gasteiger partial charge in [0.25, 0.3) is 0 Å². The summed E-state index contributed by atoms with van der Waals surface area (Å²) >= 11 is 0. The van der Waals surface area contributed by atoms with Crippen molar-refractivity contribution in [1.82, 2.24) is 9.88 Å². The standard InChI is InChI=1S/C12H14N2O2/c1-9-13-11-7-10(3-4-12(11)16-9)8-14(2)5-6-15/h3-4,6-7H,5,8H2,1-2H3. The molecule has 2 rings (SSSR count).